The van der Waals surface area contributed by atoms with Crippen molar-refractivity contribution in [2.75, 3.05) is 46.5 Å². The second-order valence-electron chi connectivity index (χ2n) is 26.9. The van der Waals surface area contributed by atoms with Gasteiger partial charge in [-0.05, 0) is 148 Å². The van der Waals surface area contributed by atoms with Crippen LogP contribution in [0.25, 0.3) is 10.9 Å². The van der Waals surface area contributed by atoms with Gasteiger partial charge in [0, 0.05) is 87.8 Å². The van der Waals surface area contributed by atoms with Gasteiger partial charge in [-0.25, -0.2) is 4.39 Å². The van der Waals surface area contributed by atoms with Crippen molar-refractivity contribution < 1.29 is 82.2 Å². The lowest BCUT2D eigenvalue weighted by Gasteiger charge is -2.37. The molecule has 0 aliphatic carbocycles. The number of ketones is 2. The molecular weight excluding hydrogens is 1300 g/mol. The summed E-state index contributed by atoms with van der Waals surface area (Å²) >= 11 is 0. The number of Topliss-reactive ketones (excluding diaryl/α,β-unsaturated/α-hetero) is 2. The third kappa shape index (κ3) is 18.7. The summed E-state index contributed by atoms with van der Waals surface area (Å²) in [5, 5.41) is 31.4. The number of nitrogens with one attached hydrogen (secondary N) is 7. The molecule has 26 nitrogen and oxygen atoms in total. The number of aromatic nitrogens is 1. The number of hydrogen-bond acceptors (Lipinski definition) is 15. The highest BCUT2D eigenvalue weighted by molar-refractivity contribution is 6.00. The Morgan fingerprint density at radius 2 is 1.48 bits per heavy atom. The van der Waals surface area contributed by atoms with E-state index in [9.17, 15) is 33.9 Å². The van der Waals surface area contributed by atoms with Gasteiger partial charge in [0.05, 0.1) is 32.0 Å². The lowest BCUT2D eigenvalue weighted by Crippen LogP contribution is -2.66. The largest absolute Gasteiger partial charge is 0.497 e. The minimum atomic E-state index is -1.82. The average Bonchev–Trinajstić information content (AvgIpc) is 1.67. The molecule has 542 valence electrons. The number of carbonyl (C=O) groups excluding carboxylic acids is 11. The third-order valence-electron chi connectivity index (χ3n) is 19.7. The Morgan fingerprint density at radius 3 is 2.24 bits per heavy atom. The first kappa shape index (κ1) is 75.6. The molecule has 4 aromatic carbocycles. The van der Waals surface area contributed by atoms with Gasteiger partial charge < -0.3 is 84.1 Å². The number of rotatable bonds is 5. The van der Waals surface area contributed by atoms with Gasteiger partial charge in [0.25, 0.3) is 0 Å². The number of aliphatic hydroxyl groups excluding tert-OH is 1. The monoisotopic (exact) mass is 1400 g/mol. The van der Waals surface area contributed by atoms with Gasteiger partial charge >= 0.3 is 0 Å². The summed E-state index contributed by atoms with van der Waals surface area (Å²) in [5.74, 6) is -8.53. The van der Waals surface area contributed by atoms with E-state index in [4.69, 9.17) is 14.2 Å². The number of halogens is 1. The molecule has 0 radical (unpaired) electrons. The van der Waals surface area contributed by atoms with Crippen LogP contribution in [-0.2, 0) is 103 Å². The lowest BCUT2D eigenvalue weighted by molar-refractivity contribution is -0.370. The Balaban J connectivity index is 0.0000119. The van der Waals surface area contributed by atoms with E-state index in [1.54, 1.807) is 67.7 Å². The number of ether oxygens (including phenoxy) is 3. The minimum absolute atomic E-state index is 0. The molecular formula is C74H94FN11O15. The van der Waals surface area contributed by atoms with Gasteiger partial charge in [-0.1, -0.05) is 48.5 Å². The number of fused-ring (bicyclic) bond motifs is 11. The number of aliphatic hydroxyl groups is 1. The van der Waals surface area contributed by atoms with Gasteiger partial charge in [0.1, 0.15) is 66.0 Å². The minimum Gasteiger partial charge on any atom is -0.497 e. The molecule has 101 heavy (non-hydrogen) atoms. The van der Waals surface area contributed by atoms with Crippen molar-refractivity contribution >= 4 is 75.6 Å². The normalized spacial score (nSPS) is 26.0. The van der Waals surface area contributed by atoms with E-state index in [-0.39, 0.29) is 110 Å². The van der Waals surface area contributed by atoms with Gasteiger partial charge in [-0.3, -0.25) is 52.7 Å². The maximum absolute atomic E-state index is 16.1. The second kappa shape index (κ2) is 34.2. The van der Waals surface area contributed by atoms with E-state index in [0.29, 0.717) is 82.4 Å². The molecule has 9 amide bonds. The maximum atomic E-state index is 16.1. The Labute approximate surface area is 586 Å². The van der Waals surface area contributed by atoms with Crippen molar-refractivity contribution in [1.29, 1.82) is 0 Å². The molecule has 1 aromatic heterocycles. The van der Waals surface area contributed by atoms with E-state index < -0.39 is 138 Å². The number of methoxy groups -OCH3 is 1. The summed E-state index contributed by atoms with van der Waals surface area (Å²) in [6.07, 6.45) is -0.359. The number of quaternary nitrogens is 1. The van der Waals surface area contributed by atoms with E-state index >= 15 is 28.4 Å². The molecule has 11 N–H and O–H groups in total. The number of benzene rings is 4. The highest BCUT2D eigenvalue weighted by Crippen LogP contribution is 2.34. The second-order valence-corrected chi connectivity index (χ2v) is 26.9. The zero-order chi connectivity index (χ0) is 71.4. The van der Waals surface area contributed by atoms with Crippen molar-refractivity contribution in [1.82, 2.24) is 51.6 Å². The summed E-state index contributed by atoms with van der Waals surface area (Å²) in [6.45, 7) is 4.12. The van der Waals surface area contributed by atoms with Gasteiger partial charge in [0.15, 0.2) is 11.8 Å². The van der Waals surface area contributed by atoms with Gasteiger partial charge in [-0.2, -0.15) is 0 Å². The first-order valence-corrected chi connectivity index (χ1v) is 34.5. The molecule has 2 fully saturated rings. The molecule has 2 saturated heterocycles. The highest BCUT2D eigenvalue weighted by atomic mass is 19.1. The summed E-state index contributed by atoms with van der Waals surface area (Å²) in [6, 6.07) is 14.6. The van der Waals surface area contributed by atoms with Crippen LogP contribution in [0.5, 0.6) is 11.5 Å². The van der Waals surface area contributed by atoms with Crippen LogP contribution in [0.2, 0.25) is 0 Å². The number of nitrogens with zero attached hydrogens (tertiary/aromatic N) is 3. The topological polar surface area (TPSA) is 359 Å². The summed E-state index contributed by atoms with van der Waals surface area (Å²) in [5.41, 5.74) is 6.73. The molecule has 6 heterocycles. The van der Waals surface area contributed by atoms with Crippen molar-refractivity contribution in [3.63, 3.8) is 0 Å². The van der Waals surface area contributed by atoms with Crippen LogP contribution in [0, 0.1) is 19.2 Å². The summed E-state index contributed by atoms with van der Waals surface area (Å²) in [7, 11) is 1.50. The SMILES string of the molecule is COc1ccc(C[C@@H]2NC(=O)[C@H]([C@@H](C)O)NC(=O)[C@@H]3[C@@H]4CCN3C(=O)[C@H]3CC(=O)[C@H](Cc5cccc(c5)CNC(=O)CO4)NC(=O)[C@@H](C[NH3+])NC(=O)[C@H](C)NC(=O)CCC(=O)CCc4ccc(cc4OCCCCn4cc(c5cc(F)ccc54)C3)CCNC(=O)[C@]3(C)CCCN3C2=O)cc1.[CH3-]. The molecule has 10 atom stereocenters. The van der Waals surface area contributed by atoms with E-state index in [1.807, 2.05) is 22.8 Å². The fraction of sp³-hybridized carbons (Fsp3) is 0.486. The van der Waals surface area contributed by atoms with E-state index in [1.165, 1.54) is 42.9 Å². The van der Waals surface area contributed by atoms with Gasteiger partial charge in [0.2, 0.25) is 53.2 Å². The number of hydrogen-bond donors (Lipinski definition) is 9. The summed E-state index contributed by atoms with van der Waals surface area (Å²) in [4.78, 5) is 164. The molecule has 5 aromatic rings. The van der Waals surface area contributed by atoms with Crippen molar-refractivity contribution in [2.45, 2.75) is 178 Å². The first-order chi connectivity index (χ1) is 48.0. The lowest BCUT2D eigenvalue weighted by atomic mass is 9.88. The predicted molar refractivity (Wildman–Crippen MR) is 368 cm³/mol. The Morgan fingerprint density at radius 1 is 0.713 bits per heavy atom. The third-order valence-corrected chi connectivity index (χ3v) is 19.7. The van der Waals surface area contributed by atoms with E-state index in [0.717, 1.165) is 5.56 Å². The maximum Gasteiger partial charge on any atom is 0.249 e. The summed E-state index contributed by atoms with van der Waals surface area (Å²) < 4.78 is 35.8. The van der Waals surface area contributed by atoms with Crippen LogP contribution in [0.1, 0.15) is 112 Å². The number of aryl methyl sites for hydroxylation is 2. The molecule has 10 rings (SSSR count). The van der Waals surface area contributed by atoms with Crippen molar-refractivity contribution in [3.8, 4) is 11.5 Å². The van der Waals surface area contributed by atoms with Crippen LogP contribution in [0.3, 0.4) is 0 Å². The quantitative estimate of drug-likeness (QED) is 0.113. The van der Waals surface area contributed by atoms with Crippen LogP contribution in [-0.4, -0.2) is 185 Å². The Bertz CT molecular complexity index is 3900. The van der Waals surface area contributed by atoms with Crippen molar-refractivity contribution in [2.24, 2.45) is 5.92 Å². The smallest absolute Gasteiger partial charge is 0.249 e. The molecule has 5 aliphatic rings. The van der Waals surface area contributed by atoms with Crippen LogP contribution in [0.15, 0.2) is 91.1 Å². The zero-order valence-corrected chi connectivity index (χ0v) is 58.0. The van der Waals surface area contributed by atoms with Crippen LogP contribution >= 0.6 is 0 Å². The molecule has 0 spiro atoms. The molecule has 27 heteroatoms. The number of amides is 9. The van der Waals surface area contributed by atoms with Crippen LogP contribution < -0.4 is 52.4 Å². The molecule has 0 unspecified atom stereocenters. The van der Waals surface area contributed by atoms with E-state index in [2.05, 4.69) is 43.0 Å². The van der Waals surface area contributed by atoms with Crippen LogP contribution in [0.4, 0.5) is 4.39 Å². The van der Waals surface area contributed by atoms with Gasteiger partial charge in [-0.15, -0.1) is 0 Å². The molecule has 5 aliphatic heterocycles. The Kier molecular flexibility index (Phi) is 25.6. The fourth-order valence-electron chi connectivity index (χ4n) is 14.0. The molecule has 0 saturated carbocycles. The fourth-order valence-corrected chi connectivity index (χ4v) is 14.0. The average molecular weight is 1400 g/mol. The Hall–Kier alpha value is -9.60. The van der Waals surface area contributed by atoms with Crippen molar-refractivity contribution in [3.05, 3.63) is 138 Å². The molecule has 11 bridgehead atoms. The highest BCUT2D eigenvalue weighted by Gasteiger charge is 2.50. The predicted octanol–water partition coefficient (Wildman–Crippen LogP) is 1.73. The number of carbonyl (C=O) groups is 11. The zero-order valence-electron chi connectivity index (χ0n) is 58.0. The standard InChI is InChI=1S/C73H90FN11O15.CH3/c1-42-66(91)81-57(38-75)67(92)79-55-33-46-9-7-10-47(31-46)39-77-63(90)41-100-60-24-29-84-65(60)69(94)82-64(43(2)86)68(93)80-56(32-44-12-19-53(98-4)20-13-44)71(96)85-28-8-25-73(85,3)72(97)76-26-23-45-11-14-48(15-17-52(87)18-22-62(89)78-42)61(34-45)99-30-6-5-27-83-40-50(35-49(70(84)95)36-59(55)88)54-37-51(74)16-21-58(54)83;/h7,9-14,16,19-21,31,34,37,40,42-43,49,55-57,60,64-65,86H,5-6,8,15,17-18,22-30,32-33,35-36,38-39,41,75H2,1-4H3,(H,76,97)(H,77,90)(H,78,89)(H,79,92)(H,80,93)(H,81,91)(H,82,94);1H3/q;-1/p+1/t42-,43+,49+,55-,56-,57+,60-,64-,65-,73-;/m0./s1. The first-order valence-electron chi connectivity index (χ1n) is 34.5.